The van der Waals surface area contributed by atoms with Crippen molar-refractivity contribution in [2.24, 2.45) is 0 Å². The lowest BCUT2D eigenvalue weighted by Gasteiger charge is -2.20. The third-order valence-corrected chi connectivity index (χ3v) is 6.74. The molecule has 4 heteroatoms. The molecule has 0 saturated heterocycles. The summed E-state index contributed by atoms with van der Waals surface area (Å²) in [6.07, 6.45) is 1.68. The number of hydrogen-bond acceptors (Lipinski definition) is 4. The van der Waals surface area contributed by atoms with Crippen LogP contribution in [0, 0.1) is 11.3 Å². The smallest absolute Gasteiger partial charge is 0.200 e. The molecular formula is C32H21NO3. The van der Waals surface area contributed by atoms with Gasteiger partial charge in [0.05, 0.1) is 35.6 Å². The standard InChI is InChI=1S/C32H21NO3/c1-35-24-14-11-21(12-15-24)30-26-10-6-5-9-25(26)23(19-33)18-28-31(34)27-17-22(20-7-3-2-4-8-20)13-16-29(27)36-32(28)30/h2-18,30H,1H3. The maximum absolute atomic E-state index is 14.0. The molecular weight excluding hydrogens is 446 g/mol. The zero-order chi connectivity index (χ0) is 24.6. The van der Waals surface area contributed by atoms with E-state index in [9.17, 15) is 10.1 Å². The first-order chi connectivity index (χ1) is 17.7. The lowest BCUT2D eigenvalue weighted by atomic mass is 9.85. The van der Waals surface area contributed by atoms with E-state index in [1.165, 1.54) is 0 Å². The number of benzene rings is 4. The number of nitriles is 1. The van der Waals surface area contributed by atoms with Gasteiger partial charge >= 0.3 is 0 Å². The summed E-state index contributed by atoms with van der Waals surface area (Å²) in [7, 11) is 1.63. The van der Waals surface area contributed by atoms with Crippen molar-refractivity contribution in [1.82, 2.24) is 0 Å². The van der Waals surface area contributed by atoms with E-state index in [4.69, 9.17) is 9.15 Å². The van der Waals surface area contributed by atoms with Crippen LogP contribution < -0.4 is 10.2 Å². The van der Waals surface area contributed by atoms with E-state index in [1.807, 2.05) is 97.1 Å². The Bertz CT molecular complexity index is 1740. The minimum atomic E-state index is -0.366. The van der Waals surface area contributed by atoms with Crippen LogP contribution in [-0.2, 0) is 0 Å². The molecule has 0 saturated carbocycles. The first-order valence-corrected chi connectivity index (χ1v) is 11.7. The number of hydrogen-bond donors (Lipinski definition) is 0. The van der Waals surface area contributed by atoms with Gasteiger partial charge in [0.15, 0.2) is 5.43 Å². The molecule has 1 aromatic heterocycles. The predicted molar refractivity (Wildman–Crippen MR) is 142 cm³/mol. The number of nitrogens with zero attached hydrogens (tertiary/aromatic N) is 1. The average molecular weight is 468 g/mol. The van der Waals surface area contributed by atoms with Crippen LogP contribution in [0.15, 0.2) is 106 Å². The summed E-state index contributed by atoms with van der Waals surface area (Å²) >= 11 is 0. The maximum Gasteiger partial charge on any atom is 0.200 e. The molecule has 0 amide bonds. The highest BCUT2D eigenvalue weighted by molar-refractivity contribution is 5.95. The van der Waals surface area contributed by atoms with Gasteiger partial charge in [-0.15, -0.1) is 0 Å². The summed E-state index contributed by atoms with van der Waals surface area (Å²) < 4.78 is 11.9. The molecule has 1 aliphatic rings. The van der Waals surface area contributed by atoms with E-state index >= 15 is 0 Å². The molecule has 0 N–H and O–H groups in total. The third kappa shape index (κ3) is 3.50. The Kier molecular flexibility index (Phi) is 5.24. The van der Waals surface area contributed by atoms with Gasteiger partial charge in [-0.05, 0) is 58.2 Å². The van der Waals surface area contributed by atoms with Crippen molar-refractivity contribution in [3.63, 3.8) is 0 Å². The Morgan fingerprint density at radius 1 is 0.861 bits per heavy atom. The summed E-state index contributed by atoms with van der Waals surface area (Å²) in [6, 6.07) is 33.4. The second-order valence-corrected chi connectivity index (χ2v) is 8.75. The van der Waals surface area contributed by atoms with E-state index in [0.29, 0.717) is 27.9 Å². The molecule has 1 heterocycles. The Morgan fingerprint density at radius 2 is 1.61 bits per heavy atom. The molecule has 172 valence electrons. The van der Waals surface area contributed by atoms with Crippen LogP contribution in [0.25, 0.3) is 33.7 Å². The molecule has 0 spiro atoms. The SMILES string of the molecule is COc1ccc(C2c3ccccc3C(C#N)=Cc3c2oc2ccc(-c4ccccc4)cc2c3=O)cc1. The van der Waals surface area contributed by atoms with Gasteiger partial charge in [0, 0.05) is 0 Å². The number of ether oxygens (including phenoxy) is 1. The zero-order valence-electron chi connectivity index (χ0n) is 19.6. The largest absolute Gasteiger partial charge is 0.497 e. The van der Waals surface area contributed by atoms with Crippen LogP contribution in [0.4, 0.5) is 0 Å². The Balaban J connectivity index is 1.66. The minimum Gasteiger partial charge on any atom is -0.497 e. The molecule has 1 aliphatic carbocycles. The first-order valence-electron chi connectivity index (χ1n) is 11.7. The van der Waals surface area contributed by atoms with Crippen molar-refractivity contribution < 1.29 is 9.15 Å². The van der Waals surface area contributed by atoms with Gasteiger partial charge in [0.2, 0.25) is 0 Å². The predicted octanol–water partition coefficient (Wildman–Crippen LogP) is 7.03. The van der Waals surface area contributed by atoms with Crippen molar-refractivity contribution in [1.29, 1.82) is 5.26 Å². The minimum absolute atomic E-state index is 0.150. The van der Waals surface area contributed by atoms with E-state index in [-0.39, 0.29) is 11.3 Å². The summed E-state index contributed by atoms with van der Waals surface area (Å²) in [5, 5.41) is 10.5. The molecule has 4 aromatic carbocycles. The van der Waals surface area contributed by atoms with Crippen LogP contribution in [-0.4, -0.2) is 7.11 Å². The molecule has 0 fully saturated rings. The van der Waals surface area contributed by atoms with Crippen LogP contribution in [0.1, 0.15) is 33.9 Å². The number of methoxy groups -OCH3 is 1. The van der Waals surface area contributed by atoms with E-state index in [2.05, 4.69) is 6.07 Å². The number of allylic oxidation sites excluding steroid dienone is 1. The summed E-state index contributed by atoms with van der Waals surface area (Å²) in [6.45, 7) is 0. The average Bonchev–Trinajstić information content (AvgIpc) is 3.08. The molecule has 36 heavy (non-hydrogen) atoms. The fourth-order valence-corrected chi connectivity index (χ4v) is 4.97. The second kappa shape index (κ2) is 8.72. The molecule has 0 radical (unpaired) electrons. The fraction of sp³-hybridized carbons (Fsp3) is 0.0625. The first kappa shape index (κ1) is 21.6. The highest BCUT2D eigenvalue weighted by atomic mass is 16.5. The maximum atomic E-state index is 14.0. The highest BCUT2D eigenvalue weighted by Gasteiger charge is 2.30. The summed E-state index contributed by atoms with van der Waals surface area (Å²) in [5.74, 6) is 0.906. The van der Waals surface area contributed by atoms with Crippen molar-refractivity contribution in [3.05, 3.63) is 135 Å². The van der Waals surface area contributed by atoms with Gasteiger partial charge in [-0.2, -0.15) is 5.26 Å². The normalized spacial score (nSPS) is 14.2. The van der Waals surface area contributed by atoms with Gasteiger partial charge in [-0.25, -0.2) is 0 Å². The summed E-state index contributed by atoms with van der Waals surface area (Å²) in [5.41, 5.74) is 5.81. The lowest BCUT2D eigenvalue weighted by molar-refractivity contribution is 0.414. The molecule has 1 atom stereocenters. The van der Waals surface area contributed by atoms with Gasteiger partial charge in [0.1, 0.15) is 17.1 Å². The van der Waals surface area contributed by atoms with Gasteiger partial charge in [0.25, 0.3) is 0 Å². The Hall–Kier alpha value is -4.88. The van der Waals surface area contributed by atoms with E-state index in [0.717, 1.165) is 33.6 Å². The van der Waals surface area contributed by atoms with Gasteiger partial charge in [-0.3, -0.25) is 4.79 Å². The Labute approximate surface area is 208 Å². The van der Waals surface area contributed by atoms with E-state index in [1.54, 1.807) is 13.2 Å². The van der Waals surface area contributed by atoms with Crippen LogP contribution >= 0.6 is 0 Å². The Morgan fingerprint density at radius 3 is 2.36 bits per heavy atom. The van der Waals surface area contributed by atoms with E-state index < -0.39 is 0 Å². The van der Waals surface area contributed by atoms with Crippen LogP contribution in [0.2, 0.25) is 0 Å². The number of rotatable bonds is 3. The molecule has 1 unspecified atom stereocenters. The molecule has 6 rings (SSSR count). The second-order valence-electron chi connectivity index (χ2n) is 8.75. The van der Waals surface area contributed by atoms with Gasteiger partial charge < -0.3 is 9.15 Å². The topological polar surface area (TPSA) is 63.2 Å². The monoisotopic (exact) mass is 467 g/mol. The highest BCUT2D eigenvalue weighted by Crippen LogP contribution is 2.42. The molecule has 0 bridgehead atoms. The quantitative estimate of drug-likeness (QED) is 0.286. The van der Waals surface area contributed by atoms with Crippen molar-refractivity contribution in [2.75, 3.05) is 7.11 Å². The van der Waals surface area contributed by atoms with Gasteiger partial charge in [-0.1, -0.05) is 72.8 Å². The fourth-order valence-electron chi connectivity index (χ4n) is 4.97. The van der Waals surface area contributed by atoms with Crippen molar-refractivity contribution in [2.45, 2.75) is 5.92 Å². The zero-order valence-corrected chi connectivity index (χ0v) is 19.6. The molecule has 4 nitrogen and oxygen atoms in total. The molecule has 5 aromatic rings. The van der Waals surface area contributed by atoms with Crippen molar-refractivity contribution in [3.8, 4) is 22.9 Å². The lowest BCUT2D eigenvalue weighted by Crippen LogP contribution is -2.13. The third-order valence-electron chi connectivity index (χ3n) is 6.74. The van der Waals surface area contributed by atoms with Crippen LogP contribution in [0.3, 0.4) is 0 Å². The summed E-state index contributed by atoms with van der Waals surface area (Å²) in [4.78, 5) is 14.0. The molecule has 0 aliphatic heterocycles. The van der Waals surface area contributed by atoms with Crippen molar-refractivity contribution >= 4 is 22.6 Å². The number of fused-ring (bicyclic) bond motifs is 3. The van der Waals surface area contributed by atoms with Crippen LogP contribution in [0.5, 0.6) is 5.75 Å².